The van der Waals surface area contributed by atoms with Crippen LogP contribution in [0.2, 0.25) is 0 Å². The van der Waals surface area contributed by atoms with E-state index in [0.29, 0.717) is 17.9 Å². The number of likely N-dealkylation sites (tertiary alicyclic amines) is 1. The normalized spacial score (nSPS) is 16.0. The van der Waals surface area contributed by atoms with Gasteiger partial charge in [0.1, 0.15) is 12.4 Å². The van der Waals surface area contributed by atoms with Crippen LogP contribution in [-0.2, 0) is 7.05 Å². The van der Waals surface area contributed by atoms with Gasteiger partial charge in [0.15, 0.2) is 0 Å². The maximum absolute atomic E-state index is 11.6. The van der Waals surface area contributed by atoms with Gasteiger partial charge in [-0.15, -0.1) is 0 Å². The Hall–Kier alpha value is -1.90. The summed E-state index contributed by atoms with van der Waals surface area (Å²) in [5.41, 5.74) is 7.44. The summed E-state index contributed by atoms with van der Waals surface area (Å²) >= 11 is 3.50. The molecule has 1 aromatic carbocycles. The van der Waals surface area contributed by atoms with E-state index in [-0.39, 0.29) is 6.10 Å². The van der Waals surface area contributed by atoms with E-state index < -0.39 is 5.91 Å². The molecule has 0 radical (unpaired) electrons. The number of carbonyl (C=O) groups excluding carboxylic acids is 1. The monoisotopic (exact) mass is 422 g/mol. The Kier molecular flexibility index (Phi) is 5.95. The quantitative estimate of drug-likeness (QED) is 0.739. The second-order valence-electron chi connectivity index (χ2n) is 6.46. The van der Waals surface area contributed by atoms with Gasteiger partial charge in [0, 0.05) is 37.8 Å². The number of benzene rings is 1. The molecule has 7 nitrogen and oxygen atoms in total. The molecular formula is C18H23BrN4O3. The molecule has 2 heterocycles. The summed E-state index contributed by atoms with van der Waals surface area (Å²) in [4.78, 5) is 13.9. The van der Waals surface area contributed by atoms with Crippen LogP contribution in [0.25, 0.3) is 11.3 Å². The standard InChI is InChI=1S/C18H23BrN4O3/c1-22-17(15(19)11-21-22)14-10-12(18(20)25)2-3-16(14)26-9-8-23-6-4-13(24)5-7-23/h2-3,10-11,13,24H,4-9H2,1H3,(H2,20,25). The first-order chi connectivity index (χ1) is 12.5. The smallest absolute Gasteiger partial charge is 0.248 e. The molecule has 1 saturated heterocycles. The summed E-state index contributed by atoms with van der Waals surface area (Å²) < 4.78 is 8.56. The van der Waals surface area contributed by atoms with Gasteiger partial charge >= 0.3 is 0 Å². The number of aryl methyl sites for hydroxylation is 1. The van der Waals surface area contributed by atoms with Crippen molar-refractivity contribution >= 4 is 21.8 Å². The third kappa shape index (κ3) is 4.25. The van der Waals surface area contributed by atoms with Crippen molar-refractivity contribution in [3.05, 3.63) is 34.4 Å². The van der Waals surface area contributed by atoms with E-state index in [9.17, 15) is 9.90 Å². The van der Waals surface area contributed by atoms with Crippen LogP contribution < -0.4 is 10.5 Å². The van der Waals surface area contributed by atoms with Gasteiger partial charge in [-0.1, -0.05) is 0 Å². The lowest BCUT2D eigenvalue weighted by Gasteiger charge is -2.29. The first-order valence-electron chi connectivity index (χ1n) is 8.60. The van der Waals surface area contributed by atoms with Crippen molar-refractivity contribution in [2.45, 2.75) is 18.9 Å². The lowest BCUT2D eigenvalue weighted by atomic mass is 10.1. The molecule has 140 valence electrons. The number of amides is 1. The Balaban J connectivity index is 1.77. The predicted octanol–water partition coefficient (Wildman–Crippen LogP) is 1.78. The van der Waals surface area contributed by atoms with Crippen LogP contribution in [0.15, 0.2) is 28.9 Å². The van der Waals surface area contributed by atoms with Crippen LogP contribution in [0.4, 0.5) is 0 Å². The number of carbonyl (C=O) groups is 1. The number of rotatable bonds is 6. The Morgan fingerprint density at radius 2 is 2.15 bits per heavy atom. The Bertz CT molecular complexity index is 765. The van der Waals surface area contributed by atoms with Gasteiger partial charge in [-0.25, -0.2) is 0 Å². The third-order valence-corrected chi connectivity index (χ3v) is 5.22. The van der Waals surface area contributed by atoms with E-state index in [0.717, 1.165) is 48.2 Å². The van der Waals surface area contributed by atoms with Crippen molar-refractivity contribution in [3.63, 3.8) is 0 Å². The number of hydrogen-bond acceptors (Lipinski definition) is 5. The van der Waals surface area contributed by atoms with Gasteiger partial charge in [0.25, 0.3) is 0 Å². The van der Waals surface area contributed by atoms with Crippen molar-refractivity contribution in [2.24, 2.45) is 12.8 Å². The fourth-order valence-electron chi connectivity index (χ4n) is 3.14. The molecule has 0 saturated carbocycles. The molecule has 0 spiro atoms. The van der Waals surface area contributed by atoms with Gasteiger partial charge in [0.2, 0.25) is 5.91 Å². The second kappa shape index (κ2) is 8.20. The van der Waals surface area contributed by atoms with Crippen LogP contribution in [-0.4, -0.2) is 58.0 Å². The van der Waals surface area contributed by atoms with E-state index >= 15 is 0 Å². The van der Waals surface area contributed by atoms with E-state index in [4.69, 9.17) is 10.5 Å². The van der Waals surface area contributed by atoms with Crippen LogP contribution in [0.1, 0.15) is 23.2 Å². The highest BCUT2D eigenvalue weighted by atomic mass is 79.9. The molecule has 1 aliphatic rings. The zero-order chi connectivity index (χ0) is 18.7. The van der Waals surface area contributed by atoms with E-state index in [1.54, 1.807) is 29.1 Å². The van der Waals surface area contributed by atoms with Gasteiger partial charge in [-0.05, 0) is 47.0 Å². The molecule has 8 heteroatoms. The van der Waals surface area contributed by atoms with Crippen LogP contribution in [0.3, 0.4) is 0 Å². The summed E-state index contributed by atoms with van der Waals surface area (Å²) in [5.74, 6) is 0.194. The number of ether oxygens (including phenoxy) is 1. The lowest BCUT2D eigenvalue weighted by Crippen LogP contribution is -2.38. The highest BCUT2D eigenvalue weighted by molar-refractivity contribution is 9.10. The number of piperidine rings is 1. The number of primary amides is 1. The zero-order valence-electron chi connectivity index (χ0n) is 14.7. The first kappa shape index (κ1) is 18.9. The van der Waals surface area contributed by atoms with Gasteiger partial charge in [0.05, 0.1) is 22.5 Å². The van der Waals surface area contributed by atoms with E-state index in [2.05, 4.69) is 25.9 Å². The Labute approximate surface area is 160 Å². The van der Waals surface area contributed by atoms with Crippen LogP contribution >= 0.6 is 15.9 Å². The van der Waals surface area contributed by atoms with Gasteiger partial charge in [-0.2, -0.15) is 5.10 Å². The molecule has 0 bridgehead atoms. The maximum Gasteiger partial charge on any atom is 0.248 e. The highest BCUT2D eigenvalue weighted by Gasteiger charge is 2.19. The van der Waals surface area contributed by atoms with Crippen molar-refractivity contribution in [2.75, 3.05) is 26.2 Å². The first-order valence-corrected chi connectivity index (χ1v) is 9.40. The summed E-state index contributed by atoms with van der Waals surface area (Å²) in [6.45, 7) is 3.07. The summed E-state index contributed by atoms with van der Waals surface area (Å²) in [7, 11) is 1.83. The van der Waals surface area contributed by atoms with Crippen molar-refractivity contribution in [1.82, 2.24) is 14.7 Å². The van der Waals surface area contributed by atoms with Gasteiger partial charge in [-0.3, -0.25) is 14.4 Å². The minimum atomic E-state index is -0.483. The van der Waals surface area contributed by atoms with Crippen LogP contribution in [0, 0.1) is 0 Å². The topological polar surface area (TPSA) is 93.6 Å². The highest BCUT2D eigenvalue weighted by Crippen LogP contribution is 2.35. The maximum atomic E-state index is 11.6. The van der Waals surface area contributed by atoms with Crippen LogP contribution in [0.5, 0.6) is 5.75 Å². The number of nitrogens with zero attached hydrogens (tertiary/aromatic N) is 3. The second-order valence-corrected chi connectivity index (χ2v) is 7.32. The molecule has 1 fully saturated rings. The molecule has 1 amide bonds. The molecule has 0 unspecified atom stereocenters. The number of nitrogens with two attached hydrogens (primary N) is 1. The molecular weight excluding hydrogens is 400 g/mol. The molecule has 2 aromatic rings. The van der Waals surface area contributed by atoms with Crippen molar-refractivity contribution < 1.29 is 14.6 Å². The molecule has 1 aromatic heterocycles. The van der Waals surface area contributed by atoms with Crippen molar-refractivity contribution in [3.8, 4) is 17.0 Å². The fourth-order valence-corrected chi connectivity index (χ4v) is 3.70. The molecule has 3 N–H and O–H groups in total. The summed E-state index contributed by atoms with van der Waals surface area (Å²) in [6, 6.07) is 5.17. The molecule has 26 heavy (non-hydrogen) atoms. The summed E-state index contributed by atoms with van der Waals surface area (Å²) in [6.07, 6.45) is 3.14. The number of aliphatic hydroxyl groups is 1. The zero-order valence-corrected chi connectivity index (χ0v) is 16.3. The number of halogens is 1. The minimum Gasteiger partial charge on any atom is -0.492 e. The summed E-state index contributed by atoms with van der Waals surface area (Å²) in [5, 5.41) is 13.8. The fraction of sp³-hybridized carbons (Fsp3) is 0.444. The molecule has 1 aliphatic heterocycles. The number of hydrogen-bond donors (Lipinski definition) is 2. The average molecular weight is 423 g/mol. The SMILES string of the molecule is Cn1ncc(Br)c1-c1cc(C(N)=O)ccc1OCCN1CCC(O)CC1. The molecule has 0 atom stereocenters. The number of aromatic nitrogens is 2. The third-order valence-electron chi connectivity index (χ3n) is 4.64. The predicted molar refractivity (Wildman–Crippen MR) is 102 cm³/mol. The van der Waals surface area contributed by atoms with E-state index in [1.165, 1.54) is 0 Å². The van der Waals surface area contributed by atoms with Crippen molar-refractivity contribution in [1.29, 1.82) is 0 Å². The Morgan fingerprint density at radius 3 is 2.77 bits per heavy atom. The molecule has 3 rings (SSSR count). The Morgan fingerprint density at radius 1 is 1.42 bits per heavy atom. The lowest BCUT2D eigenvalue weighted by molar-refractivity contribution is 0.0755. The van der Waals surface area contributed by atoms with E-state index in [1.807, 2.05) is 7.05 Å². The average Bonchev–Trinajstić information content (AvgIpc) is 2.95. The van der Waals surface area contributed by atoms with Gasteiger partial charge < -0.3 is 15.6 Å². The molecule has 0 aliphatic carbocycles. The number of aliphatic hydroxyl groups excluding tert-OH is 1. The minimum absolute atomic E-state index is 0.178. The largest absolute Gasteiger partial charge is 0.492 e.